The van der Waals surface area contributed by atoms with Crippen LogP contribution in [0.4, 0.5) is 10.7 Å². The standard InChI is InChI=1S/C24H24N2O4S/c1-16(27)25-19-7-3-17(4-8-19)21-15-22(31-24(21)26-11-13-30-14-12-26)23(28)18-5-9-20(29-2)10-6-18/h3-10,15H,11-14H2,1-2H3,(H,25,27). The van der Waals surface area contributed by atoms with E-state index in [2.05, 4.69) is 10.2 Å². The van der Waals surface area contributed by atoms with Crippen LogP contribution in [0.15, 0.2) is 54.6 Å². The van der Waals surface area contributed by atoms with Gasteiger partial charge in [-0.2, -0.15) is 0 Å². The largest absolute Gasteiger partial charge is 0.497 e. The van der Waals surface area contributed by atoms with E-state index in [1.54, 1.807) is 31.4 Å². The molecule has 1 amide bonds. The summed E-state index contributed by atoms with van der Waals surface area (Å²) in [6.45, 7) is 4.39. The SMILES string of the molecule is COc1ccc(C(=O)c2cc(-c3ccc(NC(C)=O)cc3)c(N3CCOCC3)s2)cc1. The molecule has 0 atom stereocenters. The number of ketones is 1. The van der Waals surface area contributed by atoms with Gasteiger partial charge in [0.2, 0.25) is 11.7 Å². The zero-order valence-corrected chi connectivity index (χ0v) is 18.3. The van der Waals surface area contributed by atoms with Crippen LogP contribution in [-0.4, -0.2) is 45.1 Å². The predicted molar refractivity (Wildman–Crippen MR) is 124 cm³/mol. The maximum atomic E-state index is 13.2. The van der Waals surface area contributed by atoms with E-state index in [4.69, 9.17) is 9.47 Å². The first-order valence-corrected chi connectivity index (χ1v) is 10.9. The van der Waals surface area contributed by atoms with E-state index in [0.717, 1.165) is 40.7 Å². The lowest BCUT2D eigenvalue weighted by atomic mass is 10.0. The van der Waals surface area contributed by atoms with Crippen molar-refractivity contribution in [2.45, 2.75) is 6.92 Å². The van der Waals surface area contributed by atoms with Gasteiger partial charge in [0.1, 0.15) is 5.75 Å². The molecule has 2 aromatic carbocycles. The molecule has 31 heavy (non-hydrogen) atoms. The summed E-state index contributed by atoms with van der Waals surface area (Å²) in [6, 6.07) is 16.8. The van der Waals surface area contributed by atoms with Crippen molar-refractivity contribution in [3.05, 3.63) is 65.0 Å². The second kappa shape index (κ2) is 9.32. The van der Waals surface area contributed by atoms with E-state index in [9.17, 15) is 9.59 Å². The van der Waals surface area contributed by atoms with Crippen LogP contribution in [0, 0.1) is 0 Å². The van der Waals surface area contributed by atoms with Crippen LogP contribution >= 0.6 is 11.3 Å². The second-order valence-electron chi connectivity index (χ2n) is 7.25. The van der Waals surface area contributed by atoms with E-state index in [1.165, 1.54) is 18.3 Å². The lowest BCUT2D eigenvalue weighted by molar-refractivity contribution is -0.114. The van der Waals surface area contributed by atoms with Crippen molar-refractivity contribution >= 4 is 33.7 Å². The van der Waals surface area contributed by atoms with Crippen molar-refractivity contribution in [2.24, 2.45) is 0 Å². The van der Waals surface area contributed by atoms with Crippen LogP contribution in [0.3, 0.4) is 0 Å². The van der Waals surface area contributed by atoms with Crippen molar-refractivity contribution in [1.82, 2.24) is 0 Å². The van der Waals surface area contributed by atoms with Crippen LogP contribution < -0.4 is 15.0 Å². The molecule has 7 heteroatoms. The van der Waals surface area contributed by atoms with Crippen molar-refractivity contribution < 1.29 is 19.1 Å². The lowest BCUT2D eigenvalue weighted by Crippen LogP contribution is -2.35. The minimum absolute atomic E-state index is 0.0109. The smallest absolute Gasteiger partial charge is 0.221 e. The fourth-order valence-electron chi connectivity index (χ4n) is 3.52. The molecule has 0 spiro atoms. The summed E-state index contributed by atoms with van der Waals surface area (Å²) in [5, 5.41) is 3.85. The van der Waals surface area contributed by atoms with Crippen molar-refractivity contribution in [3.8, 4) is 16.9 Å². The molecular weight excluding hydrogens is 412 g/mol. The number of hydrogen-bond acceptors (Lipinski definition) is 6. The number of carbonyl (C=O) groups excluding carboxylic acids is 2. The number of methoxy groups -OCH3 is 1. The first-order valence-electron chi connectivity index (χ1n) is 10.1. The Hall–Kier alpha value is -3.16. The third-order valence-electron chi connectivity index (χ3n) is 5.10. The second-order valence-corrected chi connectivity index (χ2v) is 8.28. The average Bonchev–Trinajstić information content (AvgIpc) is 3.25. The number of ether oxygens (including phenoxy) is 2. The number of benzene rings is 2. The first-order chi connectivity index (χ1) is 15.0. The minimum atomic E-state index is -0.107. The van der Waals surface area contributed by atoms with Gasteiger partial charge in [0.05, 0.1) is 30.2 Å². The molecule has 1 aliphatic heterocycles. The minimum Gasteiger partial charge on any atom is -0.497 e. The van der Waals surface area contributed by atoms with Gasteiger partial charge in [-0.05, 0) is 48.0 Å². The van der Waals surface area contributed by atoms with Gasteiger partial charge in [-0.1, -0.05) is 12.1 Å². The number of rotatable bonds is 6. The summed E-state index contributed by atoms with van der Waals surface area (Å²) in [4.78, 5) is 27.5. The van der Waals surface area contributed by atoms with Gasteiger partial charge in [-0.25, -0.2) is 0 Å². The molecule has 1 N–H and O–H groups in total. The normalized spacial score (nSPS) is 13.7. The highest BCUT2D eigenvalue weighted by Gasteiger charge is 2.22. The van der Waals surface area contributed by atoms with Gasteiger partial charge in [0.15, 0.2) is 0 Å². The van der Waals surface area contributed by atoms with Crippen LogP contribution in [0.2, 0.25) is 0 Å². The molecule has 0 aliphatic carbocycles. The summed E-state index contributed by atoms with van der Waals surface area (Å²) in [5.41, 5.74) is 3.39. The Bertz CT molecular complexity index is 1070. The topological polar surface area (TPSA) is 67.9 Å². The summed E-state index contributed by atoms with van der Waals surface area (Å²) in [5.74, 6) is 0.602. The molecule has 0 unspecified atom stereocenters. The van der Waals surface area contributed by atoms with Crippen molar-refractivity contribution in [1.29, 1.82) is 0 Å². The summed E-state index contributed by atoms with van der Waals surface area (Å²) >= 11 is 1.51. The highest BCUT2D eigenvalue weighted by atomic mass is 32.1. The molecule has 1 aliphatic rings. The molecule has 160 valence electrons. The van der Waals surface area contributed by atoms with E-state index >= 15 is 0 Å². The van der Waals surface area contributed by atoms with Gasteiger partial charge < -0.3 is 19.7 Å². The molecule has 2 heterocycles. The fourth-order valence-corrected chi connectivity index (χ4v) is 4.72. The highest BCUT2D eigenvalue weighted by Crippen LogP contribution is 2.40. The molecule has 1 fully saturated rings. The molecule has 0 radical (unpaired) electrons. The van der Waals surface area contributed by atoms with Gasteiger partial charge in [-0.15, -0.1) is 11.3 Å². The molecule has 0 bridgehead atoms. The Balaban J connectivity index is 1.69. The van der Waals surface area contributed by atoms with E-state index in [-0.39, 0.29) is 11.7 Å². The Morgan fingerprint density at radius 1 is 1.03 bits per heavy atom. The molecule has 3 aromatic rings. The van der Waals surface area contributed by atoms with Gasteiger partial charge in [-0.3, -0.25) is 9.59 Å². The molecule has 6 nitrogen and oxygen atoms in total. The number of carbonyl (C=O) groups is 2. The number of amides is 1. The van der Waals surface area contributed by atoms with Crippen molar-refractivity contribution in [2.75, 3.05) is 43.6 Å². The Morgan fingerprint density at radius 3 is 2.32 bits per heavy atom. The van der Waals surface area contributed by atoms with Crippen LogP contribution in [0.25, 0.3) is 11.1 Å². The number of thiophene rings is 1. The monoisotopic (exact) mass is 436 g/mol. The van der Waals surface area contributed by atoms with E-state index in [0.29, 0.717) is 23.7 Å². The number of anilines is 2. The fraction of sp³-hybridized carbons (Fsp3) is 0.250. The third kappa shape index (κ3) is 4.78. The molecule has 1 saturated heterocycles. The Morgan fingerprint density at radius 2 is 1.71 bits per heavy atom. The maximum Gasteiger partial charge on any atom is 0.221 e. The third-order valence-corrected chi connectivity index (χ3v) is 6.30. The van der Waals surface area contributed by atoms with E-state index in [1.807, 2.05) is 30.3 Å². The van der Waals surface area contributed by atoms with Crippen LogP contribution in [0.1, 0.15) is 22.2 Å². The van der Waals surface area contributed by atoms with Crippen LogP contribution in [-0.2, 0) is 9.53 Å². The van der Waals surface area contributed by atoms with Gasteiger partial charge in [0, 0.05) is 36.8 Å². The number of nitrogens with zero attached hydrogens (tertiary/aromatic N) is 1. The van der Waals surface area contributed by atoms with E-state index < -0.39 is 0 Å². The molecule has 1 aromatic heterocycles. The first kappa shape index (κ1) is 21.1. The number of hydrogen-bond donors (Lipinski definition) is 1. The van der Waals surface area contributed by atoms with Crippen LogP contribution in [0.5, 0.6) is 5.75 Å². The summed E-state index contributed by atoms with van der Waals surface area (Å²) < 4.78 is 10.7. The van der Waals surface area contributed by atoms with Gasteiger partial charge >= 0.3 is 0 Å². The summed E-state index contributed by atoms with van der Waals surface area (Å²) in [6.07, 6.45) is 0. The highest BCUT2D eigenvalue weighted by molar-refractivity contribution is 7.18. The predicted octanol–water partition coefficient (Wildman–Crippen LogP) is 4.45. The summed E-state index contributed by atoms with van der Waals surface area (Å²) in [7, 11) is 1.61. The Kier molecular flexibility index (Phi) is 6.34. The zero-order chi connectivity index (χ0) is 21.8. The maximum absolute atomic E-state index is 13.2. The van der Waals surface area contributed by atoms with Gasteiger partial charge in [0.25, 0.3) is 0 Å². The number of nitrogens with one attached hydrogen (secondary N) is 1. The molecule has 0 saturated carbocycles. The molecule has 4 rings (SSSR count). The molecular formula is C24H24N2O4S. The lowest BCUT2D eigenvalue weighted by Gasteiger charge is -2.28. The quantitative estimate of drug-likeness (QED) is 0.578. The Labute approximate surface area is 185 Å². The number of morpholine rings is 1. The zero-order valence-electron chi connectivity index (χ0n) is 17.5. The van der Waals surface area contributed by atoms with Crippen molar-refractivity contribution in [3.63, 3.8) is 0 Å². The average molecular weight is 437 g/mol.